The molecule has 3 nitrogen and oxygen atoms in total. The van der Waals surface area contributed by atoms with E-state index in [1.165, 1.54) is 6.42 Å². The largest absolute Gasteiger partial charge is 0.380 e. The molecule has 1 saturated heterocycles. The molecule has 1 rings (SSSR count). The fraction of sp³-hybridized carbons (Fsp3) is 0.800. The van der Waals surface area contributed by atoms with Crippen molar-refractivity contribution in [2.75, 3.05) is 6.61 Å². The quantitative estimate of drug-likeness (QED) is 0.641. The van der Waals surface area contributed by atoms with Crippen molar-refractivity contribution in [3.05, 3.63) is 0 Å². The van der Waals surface area contributed by atoms with Gasteiger partial charge in [-0.25, -0.2) is 0 Å². The van der Waals surface area contributed by atoms with Crippen LogP contribution in [-0.2, 0) is 4.74 Å². The molecule has 1 fully saturated rings. The summed E-state index contributed by atoms with van der Waals surface area (Å²) in [5.74, 6) is -0.452. The van der Waals surface area contributed by atoms with Crippen molar-refractivity contribution in [3.8, 4) is 12.1 Å². The van der Waals surface area contributed by atoms with Crippen molar-refractivity contribution in [1.82, 2.24) is 0 Å². The number of nitrogens with zero attached hydrogens (tertiary/aromatic N) is 2. The van der Waals surface area contributed by atoms with E-state index in [0.29, 0.717) is 6.42 Å². The molecule has 1 aliphatic rings. The molecule has 4 heteroatoms. The zero-order chi connectivity index (χ0) is 10.4. The van der Waals surface area contributed by atoms with Crippen LogP contribution in [0.1, 0.15) is 32.1 Å². The molecule has 0 aromatic carbocycles. The monoisotopic (exact) mass is 208 g/mol. The Morgan fingerprint density at radius 3 is 2.57 bits per heavy atom. The average Bonchev–Trinajstić information content (AvgIpc) is 2.20. The first-order chi connectivity index (χ1) is 6.70. The maximum absolute atomic E-state index is 8.64. The van der Waals surface area contributed by atoms with Gasteiger partial charge >= 0.3 is 0 Å². The van der Waals surface area contributed by atoms with Gasteiger partial charge in [0.05, 0.1) is 12.1 Å². The van der Waals surface area contributed by atoms with Gasteiger partial charge in [0.15, 0.2) is 0 Å². The highest BCUT2D eigenvalue weighted by Gasteiger charge is 2.28. The molecule has 1 atom stereocenters. The van der Waals surface area contributed by atoms with Crippen molar-refractivity contribution < 1.29 is 4.74 Å². The van der Waals surface area contributed by atoms with Crippen LogP contribution in [0, 0.1) is 28.6 Å². The predicted molar refractivity (Wildman–Crippen MR) is 56.4 cm³/mol. The average molecular weight is 208 g/mol. The van der Waals surface area contributed by atoms with Crippen LogP contribution in [0.4, 0.5) is 0 Å². The summed E-state index contributed by atoms with van der Waals surface area (Å²) in [6.45, 7) is 0.854. The Labute approximate surface area is 88.1 Å². The Balaban J connectivity index is 2.36. The van der Waals surface area contributed by atoms with Crippen LogP contribution >= 0.6 is 0 Å². The lowest BCUT2D eigenvalue weighted by molar-refractivity contribution is -0.0243. The van der Waals surface area contributed by atoms with Gasteiger partial charge in [0.2, 0.25) is 0 Å². The molecule has 76 valence electrons. The van der Waals surface area contributed by atoms with Crippen LogP contribution in [0.5, 0.6) is 0 Å². The molecule has 1 aliphatic heterocycles. The van der Waals surface area contributed by atoms with Gasteiger partial charge in [-0.1, -0.05) is 0 Å². The van der Waals surface area contributed by atoms with Crippen LogP contribution in [-0.4, -0.2) is 22.1 Å². The molecule has 0 N–H and O–H groups in total. The fourth-order valence-electron chi connectivity index (χ4n) is 1.80. The second-order valence-electron chi connectivity index (χ2n) is 4.10. The molecule has 0 aliphatic carbocycles. The van der Waals surface area contributed by atoms with E-state index in [2.05, 4.69) is 0 Å². The van der Waals surface area contributed by atoms with Gasteiger partial charge in [0.1, 0.15) is 5.92 Å². The van der Waals surface area contributed by atoms with E-state index < -0.39 is 5.92 Å². The molecule has 14 heavy (non-hydrogen) atoms. The van der Waals surface area contributed by atoms with Crippen LogP contribution in [0.2, 0.25) is 0 Å². The van der Waals surface area contributed by atoms with E-state index >= 15 is 0 Å². The number of nitriles is 2. The Bertz CT molecular complexity index is 246. The van der Waals surface area contributed by atoms with Gasteiger partial charge in [0.25, 0.3) is 0 Å². The standard InChI is InChI=1S/C10H16N2OSi/c11-7-9(8-12)3-5-10(14)4-1-2-6-13-10/h9H,1-6H2,14H3. The van der Waals surface area contributed by atoms with Crippen LogP contribution < -0.4 is 0 Å². The SMILES string of the molecule is N#CC(C#N)CCC1([SiH3])CCCCO1. The third-order valence-electron chi connectivity index (χ3n) is 2.82. The first-order valence-electron chi connectivity index (χ1n) is 5.13. The molecule has 0 spiro atoms. The highest BCUT2D eigenvalue weighted by atomic mass is 28.1. The van der Waals surface area contributed by atoms with E-state index in [-0.39, 0.29) is 5.22 Å². The van der Waals surface area contributed by atoms with Crippen molar-refractivity contribution in [2.24, 2.45) is 5.92 Å². The molecule has 0 aromatic rings. The van der Waals surface area contributed by atoms with Crippen LogP contribution in [0.3, 0.4) is 0 Å². The minimum Gasteiger partial charge on any atom is -0.380 e. The summed E-state index contributed by atoms with van der Waals surface area (Å²) in [5, 5.41) is 17.3. The first kappa shape index (κ1) is 11.2. The number of hydrogen-bond acceptors (Lipinski definition) is 3. The molecular weight excluding hydrogens is 192 g/mol. The summed E-state index contributed by atoms with van der Waals surface area (Å²) >= 11 is 0. The zero-order valence-electron chi connectivity index (χ0n) is 8.62. The zero-order valence-corrected chi connectivity index (χ0v) is 10.6. The Morgan fingerprint density at radius 2 is 2.07 bits per heavy atom. The van der Waals surface area contributed by atoms with E-state index in [1.807, 2.05) is 12.1 Å². The highest BCUT2D eigenvalue weighted by Crippen LogP contribution is 2.27. The third kappa shape index (κ3) is 3.14. The van der Waals surface area contributed by atoms with E-state index in [9.17, 15) is 0 Å². The van der Waals surface area contributed by atoms with E-state index in [4.69, 9.17) is 15.3 Å². The summed E-state index contributed by atoms with van der Waals surface area (Å²) in [7, 11) is 1.000. The fourth-order valence-corrected chi connectivity index (χ4v) is 2.64. The topological polar surface area (TPSA) is 56.8 Å². The lowest BCUT2D eigenvalue weighted by atomic mass is 9.98. The number of hydrogen-bond donors (Lipinski definition) is 0. The first-order valence-corrected chi connectivity index (χ1v) is 6.13. The second-order valence-corrected chi connectivity index (χ2v) is 5.93. The Morgan fingerprint density at radius 1 is 1.36 bits per heavy atom. The molecule has 0 amide bonds. The number of rotatable bonds is 3. The Hall–Kier alpha value is -0.843. The van der Waals surface area contributed by atoms with Crippen molar-refractivity contribution in [3.63, 3.8) is 0 Å². The lowest BCUT2D eigenvalue weighted by Gasteiger charge is -2.34. The lowest BCUT2D eigenvalue weighted by Crippen LogP contribution is -2.37. The maximum atomic E-state index is 8.64. The molecule has 0 bridgehead atoms. The molecule has 1 heterocycles. The van der Waals surface area contributed by atoms with Crippen molar-refractivity contribution in [1.29, 1.82) is 10.5 Å². The minimum absolute atomic E-state index is 0.0458. The van der Waals surface area contributed by atoms with Gasteiger partial charge in [-0.2, -0.15) is 10.5 Å². The second kappa shape index (κ2) is 5.14. The third-order valence-corrected chi connectivity index (χ3v) is 4.11. The van der Waals surface area contributed by atoms with Gasteiger partial charge in [-0.15, -0.1) is 0 Å². The van der Waals surface area contributed by atoms with E-state index in [0.717, 1.165) is 36.1 Å². The van der Waals surface area contributed by atoms with Crippen molar-refractivity contribution in [2.45, 2.75) is 37.3 Å². The number of ether oxygens (including phenoxy) is 1. The molecule has 0 saturated carbocycles. The van der Waals surface area contributed by atoms with Crippen molar-refractivity contribution >= 4 is 10.2 Å². The Kier molecular flexibility index (Phi) is 4.12. The van der Waals surface area contributed by atoms with Gasteiger partial charge < -0.3 is 4.74 Å². The molecule has 0 radical (unpaired) electrons. The molecule has 1 unspecified atom stereocenters. The summed E-state index contributed by atoms with van der Waals surface area (Å²) < 4.78 is 5.75. The summed E-state index contributed by atoms with van der Waals surface area (Å²) in [6, 6.07) is 4.01. The minimum atomic E-state index is -0.452. The van der Waals surface area contributed by atoms with Gasteiger partial charge in [-0.3, -0.25) is 0 Å². The molecular formula is C10H16N2OSi. The summed E-state index contributed by atoms with van der Waals surface area (Å²) in [6.07, 6.45) is 5.04. The normalized spacial score (nSPS) is 27.1. The highest BCUT2D eigenvalue weighted by molar-refractivity contribution is 6.14. The predicted octanol–water partition coefficient (Wildman–Crippen LogP) is 0.692. The summed E-state index contributed by atoms with van der Waals surface area (Å²) in [5.41, 5.74) is 0. The maximum Gasteiger partial charge on any atom is 0.133 e. The van der Waals surface area contributed by atoms with E-state index in [1.54, 1.807) is 0 Å². The summed E-state index contributed by atoms with van der Waals surface area (Å²) in [4.78, 5) is 0. The molecule has 0 aromatic heterocycles. The van der Waals surface area contributed by atoms with Gasteiger partial charge in [0, 0.05) is 22.1 Å². The van der Waals surface area contributed by atoms with Crippen LogP contribution in [0.25, 0.3) is 0 Å². The smallest absolute Gasteiger partial charge is 0.133 e. The van der Waals surface area contributed by atoms with Gasteiger partial charge in [-0.05, 0) is 32.1 Å². The van der Waals surface area contributed by atoms with Crippen LogP contribution in [0.15, 0.2) is 0 Å².